The van der Waals surface area contributed by atoms with Crippen molar-refractivity contribution < 1.29 is 9.53 Å². The van der Waals surface area contributed by atoms with Gasteiger partial charge < -0.3 is 9.64 Å². The molecular formula is C20H18ClN3O2. The van der Waals surface area contributed by atoms with Gasteiger partial charge >= 0.3 is 0 Å². The van der Waals surface area contributed by atoms with E-state index in [2.05, 4.69) is 9.97 Å². The fourth-order valence-electron chi connectivity index (χ4n) is 2.54. The Labute approximate surface area is 156 Å². The molecule has 0 atom stereocenters. The molecule has 0 N–H and O–H groups in total. The molecule has 0 fully saturated rings. The van der Waals surface area contributed by atoms with Crippen LogP contribution in [0.3, 0.4) is 0 Å². The number of hydrogen-bond acceptors (Lipinski definition) is 4. The average molecular weight is 368 g/mol. The summed E-state index contributed by atoms with van der Waals surface area (Å²) < 4.78 is 5.32. The molecule has 0 aliphatic heterocycles. The number of likely N-dealkylation sites (N-methyl/N-ethyl adjacent to an activating group) is 1. The topological polar surface area (TPSA) is 55.3 Å². The Bertz CT molecular complexity index is 972. The molecule has 6 heteroatoms. The number of carbonyl (C=O) groups is 1. The monoisotopic (exact) mass is 367 g/mol. The van der Waals surface area contributed by atoms with E-state index < -0.39 is 0 Å². The molecule has 5 nitrogen and oxygen atoms in total. The molecule has 3 rings (SSSR count). The lowest BCUT2D eigenvalue weighted by molar-refractivity contribution is -0.125. The molecule has 132 valence electrons. The first-order valence-electron chi connectivity index (χ1n) is 8.04. The van der Waals surface area contributed by atoms with Crippen molar-refractivity contribution in [3.63, 3.8) is 0 Å². The molecule has 26 heavy (non-hydrogen) atoms. The van der Waals surface area contributed by atoms with Crippen molar-refractivity contribution in [3.8, 4) is 5.75 Å². The largest absolute Gasteiger partial charge is 0.496 e. The number of rotatable bonds is 5. The van der Waals surface area contributed by atoms with Crippen molar-refractivity contribution in [2.45, 2.75) is 6.54 Å². The van der Waals surface area contributed by atoms with Crippen molar-refractivity contribution in [3.05, 3.63) is 71.0 Å². The van der Waals surface area contributed by atoms with Crippen LogP contribution in [0, 0.1) is 0 Å². The third-order valence-electron chi connectivity index (χ3n) is 3.89. The first-order chi connectivity index (χ1) is 12.6. The minimum Gasteiger partial charge on any atom is -0.496 e. The van der Waals surface area contributed by atoms with E-state index in [1.54, 1.807) is 49.5 Å². The number of benzene rings is 2. The molecule has 1 heterocycles. The van der Waals surface area contributed by atoms with E-state index in [0.29, 0.717) is 23.0 Å². The molecule has 0 unspecified atom stereocenters. The van der Waals surface area contributed by atoms with Crippen LogP contribution in [0.25, 0.3) is 17.1 Å². The molecule has 0 aliphatic rings. The molecule has 0 radical (unpaired) electrons. The normalized spacial score (nSPS) is 11.0. The van der Waals surface area contributed by atoms with Crippen molar-refractivity contribution in [2.75, 3.05) is 14.2 Å². The fraction of sp³-hybridized carbons (Fsp3) is 0.150. The predicted octanol–water partition coefficient (Wildman–Crippen LogP) is 3.96. The van der Waals surface area contributed by atoms with Gasteiger partial charge in [0.05, 0.1) is 30.0 Å². The Morgan fingerprint density at radius 1 is 1.23 bits per heavy atom. The highest BCUT2D eigenvalue weighted by Gasteiger charge is 2.10. The SMILES string of the molecule is COc1ccc(Cl)cc1CN(C)C(=O)/C=C/c1cnc2ccccc2n1. The Morgan fingerprint density at radius 2 is 2.00 bits per heavy atom. The smallest absolute Gasteiger partial charge is 0.246 e. The molecule has 2 aromatic carbocycles. The molecule has 0 bridgehead atoms. The van der Waals surface area contributed by atoms with Gasteiger partial charge in [0.1, 0.15) is 5.75 Å². The van der Waals surface area contributed by atoms with Crippen LogP contribution in [-0.2, 0) is 11.3 Å². The van der Waals surface area contributed by atoms with Crippen molar-refractivity contribution >= 4 is 34.6 Å². The van der Waals surface area contributed by atoms with Crippen LogP contribution in [-0.4, -0.2) is 34.9 Å². The van der Waals surface area contributed by atoms with E-state index in [1.165, 1.54) is 6.08 Å². The van der Waals surface area contributed by atoms with Crippen LogP contribution in [0.2, 0.25) is 5.02 Å². The zero-order valence-electron chi connectivity index (χ0n) is 14.5. The van der Waals surface area contributed by atoms with Gasteiger partial charge in [0.25, 0.3) is 0 Å². The number of para-hydroxylation sites is 2. The molecule has 1 aromatic heterocycles. The zero-order chi connectivity index (χ0) is 18.5. The van der Waals surface area contributed by atoms with E-state index >= 15 is 0 Å². The minimum atomic E-state index is -0.151. The van der Waals surface area contributed by atoms with E-state index in [0.717, 1.165) is 16.6 Å². The Morgan fingerprint density at radius 3 is 2.77 bits per heavy atom. The number of fused-ring (bicyclic) bond motifs is 1. The number of hydrogen-bond donors (Lipinski definition) is 0. The summed E-state index contributed by atoms with van der Waals surface area (Å²) in [5, 5.41) is 0.601. The summed E-state index contributed by atoms with van der Waals surface area (Å²) in [7, 11) is 3.31. The van der Waals surface area contributed by atoms with Gasteiger partial charge in [-0.25, -0.2) is 4.98 Å². The van der Waals surface area contributed by atoms with Gasteiger partial charge in [0.15, 0.2) is 0 Å². The number of carbonyl (C=O) groups excluding carboxylic acids is 1. The summed E-state index contributed by atoms with van der Waals surface area (Å²) in [4.78, 5) is 22.8. The number of amides is 1. The molecule has 1 amide bonds. The van der Waals surface area contributed by atoms with E-state index in [9.17, 15) is 4.79 Å². The van der Waals surface area contributed by atoms with Crippen molar-refractivity contribution in [2.24, 2.45) is 0 Å². The van der Waals surface area contributed by atoms with Crippen LogP contribution in [0.4, 0.5) is 0 Å². The van der Waals surface area contributed by atoms with Crippen molar-refractivity contribution in [1.29, 1.82) is 0 Å². The quantitative estimate of drug-likeness (QED) is 0.640. The Balaban J connectivity index is 1.72. The molecule has 0 saturated carbocycles. The van der Waals surface area contributed by atoms with Crippen LogP contribution in [0.15, 0.2) is 54.7 Å². The number of aromatic nitrogens is 2. The highest BCUT2D eigenvalue weighted by molar-refractivity contribution is 6.30. The van der Waals surface area contributed by atoms with Gasteiger partial charge in [0.2, 0.25) is 5.91 Å². The highest BCUT2D eigenvalue weighted by Crippen LogP contribution is 2.23. The standard InChI is InChI=1S/C20H18ClN3O2/c1-24(13-14-11-15(21)7-9-19(14)26-2)20(25)10-8-16-12-22-17-5-3-4-6-18(17)23-16/h3-12H,13H2,1-2H3/b10-8+. The predicted molar refractivity (Wildman–Crippen MR) is 103 cm³/mol. The van der Waals surface area contributed by atoms with Crippen LogP contribution >= 0.6 is 11.6 Å². The zero-order valence-corrected chi connectivity index (χ0v) is 15.3. The summed E-state index contributed by atoms with van der Waals surface area (Å²) in [5.74, 6) is 0.542. The van der Waals surface area contributed by atoms with Gasteiger partial charge in [-0.05, 0) is 36.4 Å². The second-order valence-electron chi connectivity index (χ2n) is 5.77. The first kappa shape index (κ1) is 17.9. The molecule has 0 saturated heterocycles. The number of halogens is 1. The van der Waals surface area contributed by atoms with Crippen LogP contribution in [0.5, 0.6) is 5.75 Å². The summed E-state index contributed by atoms with van der Waals surface area (Å²) >= 11 is 6.04. The second-order valence-corrected chi connectivity index (χ2v) is 6.20. The van der Waals surface area contributed by atoms with Crippen LogP contribution in [0.1, 0.15) is 11.3 Å². The maximum atomic E-state index is 12.4. The third-order valence-corrected chi connectivity index (χ3v) is 4.13. The number of ether oxygens (including phenoxy) is 1. The number of nitrogens with zero attached hydrogens (tertiary/aromatic N) is 3. The lowest BCUT2D eigenvalue weighted by atomic mass is 10.2. The highest BCUT2D eigenvalue weighted by atomic mass is 35.5. The maximum absolute atomic E-state index is 12.4. The van der Waals surface area contributed by atoms with Gasteiger partial charge in [0, 0.05) is 30.3 Å². The Kier molecular flexibility index (Phi) is 5.49. The average Bonchev–Trinajstić information content (AvgIpc) is 2.66. The van der Waals surface area contributed by atoms with Gasteiger partial charge in [-0.15, -0.1) is 0 Å². The van der Waals surface area contributed by atoms with Gasteiger partial charge in [-0.3, -0.25) is 9.78 Å². The summed E-state index contributed by atoms with van der Waals surface area (Å²) in [5.41, 5.74) is 3.08. The minimum absolute atomic E-state index is 0.151. The van der Waals surface area contributed by atoms with E-state index in [1.807, 2.05) is 24.3 Å². The number of methoxy groups -OCH3 is 1. The van der Waals surface area contributed by atoms with Crippen molar-refractivity contribution in [1.82, 2.24) is 14.9 Å². The Hall–Kier alpha value is -2.92. The third kappa shape index (κ3) is 4.18. The summed E-state index contributed by atoms with van der Waals surface area (Å²) in [6, 6.07) is 12.9. The molecule has 0 spiro atoms. The van der Waals surface area contributed by atoms with Crippen LogP contribution < -0.4 is 4.74 Å². The fourth-order valence-corrected chi connectivity index (χ4v) is 2.73. The molecule has 3 aromatic rings. The molecular weight excluding hydrogens is 350 g/mol. The molecule has 0 aliphatic carbocycles. The first-order valence-corrected chi connectivity index (χ1v) is 8.42. The van der Waals surface area contributed by atoms with Gasteiger partial charge in [-0.2, -0.15) is 0 Å². The second kappa shape index (κ2) is 7.97. The maximum Gasteiger partial charge on any atom is 0.246 e. The summed E-state index contributed by atoms with van der Waals surface area (Å²) in [6.07, 6.45) is 4.79. The van der Waals surface area contributed by atoms with E-state index in [-0.39, 0.29) is 5.91 Å². The summed E-state index contributed by atoms with van der Waals surface area (Å²) in [6.45, 7) is 0.385. The lowest BCUT2D eigenvalue weighted by Crippen LogP contribution is -2.24. The lowest BCUT2D eigenvalue weighted by Gasteiger charge is -2.17. The van der Waals surface area contributed by atoms with E-state index in [4.69, 9.17) is 16.3 Å². The van der Waals surface area contributed by atoms with Gasteiger partial charge in [-0.1, -0.05) is 23.7 Å².